The SMILES string of the molecule is NC(Cc1cn(CCSc2ccccc2)nn1)C(=O)O. The number of hydrogen-bond donors (Lipinski definition) is 2. The monoisotopic (exact) mass is 292 g/mol. The Hall–Kier alpha value is -1.86. The molecular weight excluding hydrogens is 276 g/mol. The second kappa shape index (κ2) is 7.06. The lowest BCUT2D eigenvalue weighted by atomic mass is 10.2. The maximum Gasteiger partial charge on any atom is 0.320 e. The predicted molar refractivity (Wildman–Crippen MR) is 76.5 cm³/mol. The molecule has 0 spiro atoms. The molecule has 0 saturated heterocycles. The molecule has 1 heterocycles. The average molecular weight is 292 g/mol. The molecule has 106 valence electrons. The van der Waals surface area contributed by atoms with Crippen molar-refractivity contribution in [2.24, 2.45) is 5.73 Å². The van der Waals surface area contributed by atoms with Crippen LogP contribution in [0.15, 0.2) is 41.4 Å². The third kappa shape index (κ3) is 4.36. The van der Waals surface area contributed by atoms with Crippen LogP contribution >= 0.6 is 11.8 Å². The number of aromatic nitrogens is 3. The molecule has 20 heavy (non-hydrogen) atoms. The topological polar surface area (TPSA) is 94.0 Å². The van der Waals surface area contributed by atoms with Crippen LogP contribution in [0.3, 0.4) is 0 Å². The molecule has 0 fully saturated rings. The first-order valence-corrected chi connectivity index (χ1v) is 7.19. The smallest absolute Gasteiger partial charge is 0.320 e. The number of aliphatic carboxylic acids is 1. The Morgan fingerprint density at radius 1 is 1.40 bits per heavy atom. The summed E-state index contributed by atoms with van der Waals surface area (Å²) in [5.41, 5.74) is 6.05. The molecule has 7 heteroatoms. The summed E-state index contributed by atoms with van der Waals surface area (Å²) in [7, 11) is 0. The fourth-order valence-electron chi connectivity index (χ4n) is 1.63. The summed E-state index contributed by atoms with van der Waals surface area (Å²) >= 11 is 1.74. The molecular formula is C13H16N4O2S. The zero-order valence-electron chi connectivity index (χ0n) is 10.8. The van der Waals surface area contributed by atoms with Crippen LogP contribution in [-0.4, -0.2) is 37.9 Å². The maximum absolute atomic E-state index is 10.7. The third-order valence-corrected chi connectivity index (χ3v) is 3.66. The standard InChI is InChI=1S/C13H16N4O2S/c14-12(13(18)19)8-10-9-17(16-15-10)6-7-20-11-4-2-1-3-5-11/h1-5,9,12H,6-8,14H2,(H,18,19). The lowest BCUT2D eigenvalue weighted by Crippen LogP contribution is -2.32. The van der Waals surface area contributed by atoms with E-state index in [1.165, 1.54) is 4.90 Å². The van der Waals surface area contributed by atoms with Crippen molar-refractivity contribution >= 4 is 17.7 Å². The third-order valence-electron chi connectivity index (χ3n) is 2.66. The molecule has 1 aromatic heterocycles. The van der Waals surface area contributed by atoms with Crippen molar-refractivity contribution in [3.8, 4) is 0 Å². The second-order valence-corrected chi connectivity index (χ2v) is 5.45. The summed E-state index contributed by atoms with van der Waals surface area (Å²) in [6.07, 6.45) is 1.94. The molecule has 1 atom stereocenters. The van der Waals surface area contributed by atoms with Crippen LogP contribution in [0.4, 0.5) is 0 Å². The van der Waals surface area contributed by atoms with E-state index >= 15 is 0 Å². The van der Waals surface area contributed by atoms with Crippen molar-refractivity contribution in [3.63, 3.8) is 0 Å². The van der Waals surface area contributed by atoms with Crippen LogP contribution in [0.25, 0.3) is 0 Å². The van der Waals surface area contributed by atoms with E-state index in [4.69, 9.17) is 10.8 Å². The van der Waals surface area contributed by atoms with Gasteiger partial charge in [-0.15, -0.1) is 16.9 Å². The fraction of sp³-hybridized carbons (Fsp3) is 0.308. The quantitative estimate of drug-likeness (QED) is 0.740. The first-order chi connectivity index (χ1) is 9.65. The molecule has 0 bridgehead atoms. The van der Waals surface area contributed by atoms with Gasteiger partial charge in [0.05, 0.1) is 12.2 Å². The van der Waals surface area contributed by atoms with Crippen molar-refractivity contribution in [1.82, 2.24) is 15.0 Å². The van der Waals surface area contributed by atoms with Gasteiger partial charge in [0.2, 0.25) is 0 Å². The summed E-state index contributed by atoms with van der Waals surface area (Å²) < 4.78 is 1.71. The zero-order chi connectivity index (χ0) is 14.4. The molecule has 0 aliphatic heterocycles. The largest absolute Gasteiger partial charge is 0.480 e. The van der Waals surface area contributed by atoms with Gasteiger partial charge in [0.25, 0.3) is 0 Å². The van der Waals surface area contributed by atoms with Gasteiger partial charge in [-0.1, -0.05) is 23.4 Å². The highest BCUT2D eigenvalue weighted by Gasteiger charge is 2.14. The Balaban J connectivity index is 1.79. The Morgan fingerprint density at radius 2 is 2.15 bits per heavy atom. The molecule has 0 radical (unpaired) electrons. The van der Waals surface area contributed by atoms with Gasteiger partial charge in [0.15, 0.2) is 0 Å². The Kier molecular flexibility index (Phi) is 5.14. The predicted octanol–water partition coefficient (Wildman–Crippen LogP) is 1.02. The first kappa shape index (κ1) is 14.5. The van der Waals surface area contributed by atoms with Gasteiger partial charge in [-0.25, -0.2) is 0 Å². The Labute approximate surface area is 121 Å². The lowest BCUT2D eigenvalue weighted by molar-refractivity contribution is -0.138. The molecule has 0 saturated carbocycles. The van der Waals surface area contributed by atoms with E-state index in [0.29, 0.717) is 5.69 Å². The maximum atomic E-state index is 10.7. The highest BCUT2D eigenvalue weighted by atomic mass is 32.2. The van der Waals surface area contributed by atoms with E-state index in [1.54, 1.807) is 22.6 Å². The van der Waals surface area contributed by atoms with Gasteiger partial charge in [-0.05, 0) is 12.1 Å². The van der Waals surface area contributed by atoms with E-state index < -0.39 is 12.0 Å². The van der Waals surface area contributed by atoms with Gasteiger partial charge < -0.3 is 10.8 Å². The summed E-state index contributed by atoms with van der Waals surface area (Å²) in [5, 5.41) is 16.6. The average Bonchev–Trinajstić information content (AvgIpc) is 2.87. The number of benzene rings is 1. The van der Waals surface area contributed by atoms with Crippen LogP contribution in [0.2, 0.25) is 0 Å². The minimum absolute atomic E-state index is 0.196. The molecule has 3 N–H and O–H groups in total. The molecule has 1 unspecified atom stereocenters. The number of aryl methyl sites for hydroxylation is 1. The highest BCUT2D eigenvalue weighted by Crippen LogP contribution is 2.16. The van der Waals surface area contributed by atoms with E-state index in [1.807, 2.05) is 18.2 Å². The molecule has 2 aromatic rings. The van der Waals surface area contributed by atoms with Crippen molar-refractivity contribution in [1.29, 1.82) is 0 Å². The van der Waals surface area contributed by atoms with E-state index in [2.05, 4.69) is 22.4 Å². The van der Waals surface area contributed by atoms with E-state index in [0.717, 1.165) is 12.3 Å². The molecule has 0 aliphatic rings. The van der Waals surface area contributed by atoms with Crippen LogP contribution in [-0.2, 0) is 17.8 Å². The summed E-state index contributed by atoms with van der Waals surface area (Å²) in [6, 6.07) is 9.18. The van der Waals surface area contributed by atoms with Gasteiger partial charge in [-0.3, -0.25) is 9.48 Å². The molecule has 0 aliphatic carbocycles. The molecule has 6 nitrogen and oxygen atoms in total. The lowest BCUT2D eigenvalue weighted by Gasteiger charge is -2.02. The van der Waals surface area contributed by atoms with E-state index in [9.17, 15) is 4.79 Å². The number of rotatable bonds is 7. The number of nitrogens with zero attached hydrogens (tertiary/aromatic N) is 3. The van der Waals surface area contributed by atoms with Crippen molar-refractivity contribution in [2.75, 3.05) is 5.75 Å². The Morgan fingerprint density at radius 3 is 2.85 bits per heavy atom. The van der Waals surface area contributed by atoms with Gasteiger partial charge >= 0.3 is 5.97 Å². The fourth-order valence-corrected chi connectivity index (χ4v) is 2.49. The highest BCUT2D eigenvalue weighted by molar-refractivity contribution is 7.99. The number of thioether (sulfide) groups is 1. The van der Waals surface area contributed by atoms with Crippen LogP contribution < -0.4 is 5.73 Å². The first-order valence-electron chi connectivity index (χ1n) is 6.20. The zero-order valence-corrected chi connectivity index (χ0v) is 11.7. The number of nitrogens with two attached hydrogens (primary N) is 1. The summed E-state index contributed by atoms with van der Waals surface area (Å²) in [6.45, 7) is 0.717. The Bertz CT molecular complexity index is 559. The van der Waals surface area contributed by atoms with Gasteiger partial charge in [0.1, 0.15) is 6.04 Å². The number of carbonyl (C=O) groups is 1. The molecule has 0 amide bonds. The number of hydrogen-bond acceptors (Lipinski definition) is 5. The van der Waals surface area contributed by atoms with E-state index in [-0.39, 0.29) is 6.42 Å². The van der Waals surface area contributed by atoms with Crippen molar-refractivity contribution < 1.29 is 9.90 Å². The van der Waals surface area contributed by atoms with Gasteiger partial charge in [0, 0.05) is 23.3 Å². The minimum atomic E-state index is -1.03. The number of carboxylic acid groups (broad SMARTS) is 1. The van der Waals surface area contributed by atoms with Gasteiger partial charge in [-0.2, -0.15) is 0 Å². The van der Waals surface area contributed by atoms with Crippen molar-refractivity contribution in [2.45, 2.75) is 23.9 Å². The molecule has 1 aromatic carbocycles. The van der Waals surface area contributed by atoms with Crippen LogP contribution in [0, 0.1) is 0 Å². The summed E-state index contributed by atoms with van der Waals surface area (Å²) in [5.74, 6) is -0.156. The normalized spacial score (nSPS) is 12.2. The van der Waals surface area contributed by atoms with Crippen molar-refractivity contribution in [3.05, 3.63) is 42.2 Å². The van der Waals surface area contributed by atoms with Crippen LogP contribution in [0.1, 0.15) is 5.69 Å². The molecule has 2 rings (SSSR count). The minimum Gasteiger partial charge on any atom is -0.480 e. The summed E-state index contributed by atoms with van der Waals surface area (Å²) in [4.78, 5) is 11.9. The second-order valence-electron chi connectivity index (χ2n) is 4.28. The van der Waals surface area contributed by atoms with Crippen LogP contribution in [0.5, 0.6) is 0 Å². The number of carboxylic acids is 1.